The summed E-state index contributed by atoms with van der Waals surface area (Å²) in [6.07, 6.45) is 5.36. The second-order valence-electron chi connectivity index (χ2n) is 3.16. The summed E-state index contributed by atoms with van der Waals surface area (Å²) in [5.74, 6) is 1.32. The molecule has 0 aliphatic heterocycles. The molecule has 0 fully saturated rings. The van der Waals surface area contributed by atoms with Crippen LogP contribution in [0.1, 0.15) is 6.92 Å². The Labute approximate surface area is 82.2 Å². The van der Waals surface area contributed by atoms with Gasteiger partial charge in [0.2, 0.25) is 0 Å². The molecule has 0 atom stereocenters. The van der Waals surface area contributed by atoms with Crippen molar-refractivity contribution in [2.75, 3.05) is 24.2 Å². The first-order valence-electron chi connectivity index (χ1n) is 4.52. The number of imidazole rings is 1. The third-order valence-corrected chi connectivity index (χ3v) is 2.21. The SMILES string of the molecule is CCN(C)c1nc(N)cn2ccnc12. The fourth-order valence-electron chi connectivity index (χ4n) is 1.34. The van der Waals surface area contributed by atoms with Crippen LogP contribution in [0.5, 0.6) is 0 Å². The topological polar surface area (TPSA) is 59.5 Å². The molecule has 2 aromatic rings. The van der Waals surface area contributed by atoms with Gasteiger partial charge in [-0.1, -0.05) is 0 Å². The van der Waals surface area contributed by atoms with Gasteiger partial charge in [-0.05, 0) is 6.92 Å². The van der Waals surface area contributed by atoms with Crippen molar-refractivity contribution in [3.63, 3.8) is 0 Å². The molecule has 2 aromatic heterocycles. The third kappa shape index (κ3) is 1.26. The van der Waals surface area contributed by atoms with Crippen molar-refractivity contribution in [1.29, 1.82) is 0 Å². The minimum absolute atomic E-state index is 0.505. The highest BCUT2D eigenvalue weighted by Crippen LogP contribution is 2.17. The molecular weight excluding hydrogens is 178 g/mol. The van der Waals surface area contributed by atoms with Crippen LogP contribution in [-0.2, 0) is 0 Å². The van der Waals surface area contributed by atoms with Gasteiger partial charge in [0, 0.05) is 26.0 Å². The molecule has 5 heteroatoms. The zero-order chi connectivity index (χ0) is 10.1. The molecule has 2 N–H and O–H groups in total. The molecule has 74 valence electrons. The van der Waals surface area contributed by atoms with E-state index in [0.29, 0.717) is 5.82 Å². The molecule has 0 aliphatic carbocycles. The van der Waals surface area contributed by atoms with Gasteiger partial charge in [0.1, 0.15) is 5.82 Å². The maximum atomic E-state index is 5.69. The Hall–Kier alpha value is -1.78. The van der Waals surface area contributed by atoms with E-state index in [1.165, 1.54) is 0 Å². The summed E-state index contributed by atoms with van der Waals surface area (Å²) in [5.41, 5.74) is 6.53. The summed E-state index contributed by atoms with van der Waals surface area (Å²) in [6.45, 7) is 2.93. The smallest absolute Gasteiger partial charge is 0.180 e. The van der Waals surface area contributed by atoms with Crippen molar-refractivity contribution < 1.29 is 0 Å². The highest BCUT2D eigenvalue weighted by atomic mass is 15.2. The van der Waals surface area contributed by atoms with Crippen LogP contribution < -0.4 is 10.6 Å². The first-order valence-corrected chi connectivity index (χ1v) is 4.52. The Bertz CT molecular complexity index is 447. The highest BCUT2D eigenvalue weighted by molar-refractivity contribution is 5.65. The van der Waals surface area contributed by atoms with Crippen LogP contribution in [0.25, 0.3) is 5.65 Å². The normalized spacial score (nSPS) is 10.7. The van der Waals surface area contributed by atoms with E-state index in [4.69, 9.17) is 5.73 Å². The lowest BCUT2D eigenvalue weighted by molar-refractivity contribution is 0.932. The summed E-state index contributed by atoms with van der Waals surface area (Å²) in [7, 11) is 1.97. The van der Waals surface area contributed by atoms with Crippen LogP contribution in [-0.4, -0.2) is 28.0 Å². The molecule has 0 radical (unpaired) electrons. The molecule has 0 unspecified atom stereocenters. The summed E-state index contributed by atoms with van der Waals surface area (Å²) in [6, 6.07) is 0. The maximum absolute atomic E-state index is 5.69. The van der Waals surface area contributed by atoms with E-state index in [1.807, 2.05) is 22.5 Å². The molecule has 0 aromatic carbocycles. The van der Waals surface area contributed by atoms with Crippen molar-refractivity contribution in [1.82, 2.24) is 14.4 Å². The van der Waals surface area contributed by atoms with Gasteiger partial charge in [-0.2, -0.15) is 0 Å². The predicted molar refractivity (Wildman–Crippen MR) is 56.3 cm³/mol. The quantitative estimate of drug-likeness (QED) is 0.761. The van der Waals surface area contributed by atoms with Crippen LogP contribution >= 0.6 is 0 Å². The van der Waals surface area contributed by atoms with Gasteiger partial charge in [0.05, 0.1) is 6.20 Å². The van der Waals surface area contributed by atoms with E-state index in [1.54, 1.807) is 12.4 Å². The fraction of sp³-hybridized carbons (Fsp3) is 0.333. The van der Waals surface area contributed by atoms with Gasteiger partial charge in [-0.15, -0.1) is 0 Å². The Kier molecular flexibility index (Phi) is 1.99. The highest BCUT2D eigenvalue weighted by Gasteiger charge is 2.08. The lowest BCUT2D eigenvalue weighted by Crippen LogP contribution is -2.19. The molecule has 0 aliphatic rings. The second-order valence-corrected chi connectivity index (χ2v) is 3.16. The number of nitrogen functional groups attached to an aromatic ring is 1. The van der Waals surface area contributed by atoms with Gasteiger partial charge >= 0.3 is 0 Å². The van der Waals surface area contributed by atoms with Crippen molar-refractivity contribution in [3.05, 3.63) is 18.6 Å². The lowest BCUT2D eigenvalue weighted by Gasteiger charge is -2.16. The second kappa shape index (κ2) is 3.17. The number of anilines is 2. The molecular formula is C9H13N5. The van der Waals surface area contributed by atoms with Crippen LogP contribution in [0.3, 0.4) is 0 Å². The zero-order valence-corrected chi connectivity index (χ0v) is 8.31. The molecule has 0 saturated carbocycles. The van der Waals surface area contributed by atoms with Crippen molar-refractivity contribution in [3.8, 4) is 0 Å². The van der Waals surface area contributed by atoms with Gasteiger partial charge in [-0.25, -0.2) is 9.97 Å². The number of hydrogen-bond donors (Lipinski definition) is 1. The number of fused-ring (bicyclic) bond motifs is 1. The van der Waals surface area contributed by atoms with E-state index in [9.17, 15) is 0 Å². The monoisotopic (exact) mass is 191 g/mol. The molecule has 0 saturated heterocycles. The fourth-order valence-corrected chi connectivity index (χ4v) is 1.34. The van der Waals surface area contributed by atoms with E-state index in [0.717, 1.165) is 18.0 Å². The minimum atomic E-state index is 0.505. The average Bonchev–Trinajstić information content (AvgIpc) is 2.62. The maximum Gasteiger partial charge on any atom is 0.180 e. The van der Waals surface area contributed by atoms with E-state index >= 15 is 0 Å². The lowest BCUT2D eigenvalue weighted by atomic mass is 10.5. The van der Waals surface area contributed by atoms with Crippen LogP contribution in [0.4, 0.5) is 11.6 Å². The Morgan fingerprint density at radius 3 is 3.07 bits per heavy atom. The standard InChI is InChI=1S/C9H13N5/c1-3-13(2)9-8-11-4-5-14(8)6-7(10)12-9/h4-6H,3,10H2,1-2H3. The minimum Gasteiger partial charge on any atom is -0.382 e. The number of nitrogens with zero attached hydrogens (tertiary/aromatic N) is 4. The molecule has 2 rings (SSSR count). The summed E-state index contributed by atoms with van der Waals surface area (Å²) < 4.78 is 1.88. The van der Waals surface area contributed by atoms with Crippen LogP contribution in [0, 0.1) is 0 Å². The van der Waals surface area contributed by atoms with Crippen molar-refractivity contribution in [2.24, 2.45) is 0 Å². The van der Waals surface area contributed by atoms with Gasteiger partial charge < -0.3 is 15.0 Å². The number of aromatic nitrogens is 3. The predicted octanol–water partition coefficient (Wildman–Crippen LogP) is 0.768. The summed E-state index contributed by atoms with van der Waals surface area (Å²) in [4.78, 5) is 10.5. The van der Waals surface area contributed by atoms with Crippen molar-refractivity contribution >= 4 is 17.3 Å². The molecule has 2 heterocycles. The largest absolute Gasteiger partial charge is 0.382 e. The first-order chi connectivity index (χ1) is 6.72. The average molecular weight is 191 g/mol. The van der Waals surface area contributed by atoms with Crippen LogP contribution in [0.15, 0.2) is 18.6 Å². The molecule has 0 amide bonds. The Morgan fingerprint density at radius 2 is 2.36 bits per heavy atom. The first kappa shape index (κ1) is 8.80. The Morgan fingerprint density at radius 1 is 1.57 bits per heavy atom. The molecule has 0 bridgehead atoms. The van der Waals surface area contributed by atoms with Gasteiger partial charge in [-0.3, -0.25) is 0 Å². The zero-order valence-electron chi connectivity index (χ0n) is 8.31. The van der Waals surface area contributed by atoms with Gasteiger partial charge in [0.15, 0.2) is 11.5 Å². The number of nitrogens with two attached hydrogens (primary N) is 1. The van der Waals surface area contributed by atoms with E-state index in [-0.39, 0.29) is 0 Å². The molecule has 5 nitrogen and oxygen atoms in total. The Balaban J connectivity index is 2.66. The molecule has 0 spiro atoms. The van der Waals surface area contributed by atoms with Crippen LogP contribution in [0.2, 0.25) is 0 Å². The third-order valence-electron chi connectivity index (χ3n) is 2.21. The summed E-state index contributed by atoms with van der Waals surface area (Å²) in [5, 5.41) is 0. The number of rotatable bonds is 2. The van der Waals surface area contributed by atoms with E-state index < -0.39 is 0 Å². The summed E-state index contributed by atoms with van der Waals surface area (Å²) >= 11 is 0. The molecule has 14 heavy (non-hydrogen) atoms. The van der Waals surface area contributed by atoms with Crippen molar-refractivity contribution in [2.45, 2.75) is 6.92 Å². The van der Waals surface area contributed by atoms with E-state index in [2.05, 4.69) is 16.9 Å². The number of hydrogen-bond acceptors (Lipinski definition) is 4. The van der Waals surface area contributed by atoms with Gasteiger partial charge in [0.25, 0.3) is 0 Å².